The minimum absolute atomic E-state index is 0.803. The van der Waals surface area contributed by atoms with E-state index in [1.54, 1.807) is 11.3 Å². The van der Waals surface area contributed by atoms with Crippen LogP contribution in [-0.4, -0.2) is 22.8 Å². The zero-order valence-electron chi connectivity index (χ0n) is 10.6. The van der Waals surface area contributed by atoms with Crippen LogP contribution in [0.5, 0.6) is 0 Å². The van der Waals surface area contributed by atoms with Crippen LogP contribution in [0.25, 0.3) is 10.6 Å². The van der Waals surface area contributed by atoms with Gasteiger partial charge in [0.2, 0.25) is 0 Å². The van der Waals surface area contributed by atoms with Crippen molar-refractivity contribution < 1.29 is 0 Å². The highest BCUT2D eigenvalue weighted by atomic mass is 127. The summed E-state index contributed by atoms with van der Waals surface area (Å²) in [6, 6.07) is 9.24. The topological polar surface area (TPSA) is 37.8 Å². The molecule has 0 aliphatic heterocycles. The summed E-state index contributed by atoms with van der Waals surface area (Å²) in [6.07, 6.45) is 4.89. The molecule has 1 heterocycles. The van der Waals surface area contributed by atoms with Crippen molar-refractivity contribution in [2.24, 2.45) is 0 Å². The van der Waals surface area contributed by atoms with Gasteiger partial charge in [-0.1, -0.05) is 23.5 Å². The lowest BCUT2D eigenvalue weighted by molar-refractivity contribution is 0.643. The third-order valence-electron chi connectivity index (χ3n) is 3.14. The zero-order chi connectivity index (χ0) is 13.1. The van der Waals surface area contributed by atoms with Crippen molar-refractivity contribution in [3.8, 4) is 10.6 Å². The molecule has 1 N–H and O–H groups in total. The van der Waals surface area contributed by atoms with Gasteiger partial charge in [0.25, 0.3) is 0 Å². The third kappa shape index (κ3) is 3.97. The summed E-state index contributed by atoms with van der Waals surface area (Å²) in [5.74, 6) is 0. The molecule has 0 atom stereocenters. The zero-order valence-corrected chi connectivity index (χ0v) is 13.6. The van der Waals surface area contributed by atoms with Crippen LogP contribution < -0.4 is 5.32 Å². The first-order chi connectivity index (χ1) is 9.31. The first-order valence-electron chi connectivity index (χ1n) is 6.63. The maximum absolute atomic E-state index is 4.29. The van der Waals surface area contributed by atoms with Crippen molar-refractivity contribution in [2.45, 2.75) is 31.7 Å². The molecule has 0 radical (unpaired) electrons. The molecule has 1 saturated carbocycles. The molecule has 3 nitrogen and oxygen atoms in total. The van der Waals surface area contributed by atoms with Crippen molar-refractivity contribution in [3.63, 3.8) is 0 Å². The molecule has 0 spiro atoms. The van der Waals surface area contributed by atoms with Crippen molar-refractivity contribution in [1.29, 1.82) is 0 Å². The molecule has 1 aliphatic carbocycles. The van der Waals surface area contributed by atoms with E-state index >= 15 is 0 Å². The Hall–Kier alpha value is -0.530. The maximum atomic E-state index is 4.29. The summed E-state index contributed by atoms with van der Waals surface area (Å²) in [5, 5.41) is 14.3. The quantitative estimate of drug-likeness (QED) is 0.611. The molecule has 1 aliphatic rings. The molecule has 100 valence electrons. The maximum Gasteiger partial charge on any atom is 0.147 e. The van der Waals surface area contributed by atoms with Crippen LogP contribution in [0.2, 0.25) is 0 Å². The second-order valence-corrected chi connectivity index (χ2v) is 7.15. The van der Waals surface area contributed by atoms with E-state index in [0.29, 0.717) is 0 Å². The number of rotatable bonds is 6. The number of nitrogens with zero attached hydrogens (tertiary/aromatic N) is 2. The Bertz CT molecular complexity index is 534. The van der Waals surface area contributed by atoms with Gasteiger partial charge in [-0.25, -0.2) is 0 Å². The Morgan fingerprint density at radius 1 is 1.21 bits per heavy atom. The molecule has 2 aromatic rings. The second kappa shape index (κ2) is 6.28. The molecule has 5 heteroatoms. The lowest BCUT2D eigenvalue weighted by Gasteiger charge is -1.99. The molecule has 1 aromatic heterocycles. The van der Waals surface area contributed by atoms with E-state index in [1.165, 1.54) is 22.0 Å². The fourth-order valence-corrected chi connectivity index (χ4v) is 3.14. The van der Waals surface area contributed by atoms with E-state index < -0.39 is 0 Å². The Balaban J connectivity index is 1.54. The summed E-state index contributed by atoms with van der Waals surface area (Å²) >= 11 is 4.03. The van der Waals surface area contributed by atoms with Crippen molar-refractivity contribution in [2.75, 3.05) is 6.54 Å². The van der Waals surface area contributed by atoms with Crippen LogP contribution in [0.4, 0.5) is 0 Å². The van der Waals surface area contributed by atoms with Gasteiger partial charge in [0.1, 0.15) is 10.0 Å². The fourth-order valence-electron chi connectivity index (χ4n) is 1.90. The number of hydrogen-bond donors (Lipinski definition) is 1. The second-order valence-electron chi connectivity index (χ2n) is 4.84. The monoisotopic (exact) mass is 385 g/mol. The van der Waals surface area contributed by atoms with Gasteiger partial charge < -0.3 is 5.32 Å². The summed E-state index contributed by atoms with van der Waals surface area (Å²) in [7, 11) is 0. The summed E-state index contributed by atoms with van der Waals surface area (Å²) in [6.45, 7) is 1.10. The average molecular weight is 385 g/mol. The van der Waals surface area contributed by atoms with Crippen LogP contribution in [0.1, 0.15) is 24.3 Å². The summed E-state index contributed by atoms with van der Waals surface area (Å²) in [5.41, 5.74) is 1.17. The van der Waals surface area contributed by atoms with Gasteiger partial charge in [-0.05, 0) is 60.5 Å². The largest absolute Gasteiger partial charge is 0.314 e. The van der Waals surface area contributed by atoms with Crippen molar-refractivity contribution in [1.82, 2.24) is 15.5 Å². The van der Waals surface area contributed by atoms with E-state index in [1.807, 2.05) is 0 Å². The average Bonchev–Trinajstić information content (AvgIpc) is 3.13. The lowest BCUT2D eigenvalue weighted by Crippen LogP contribution is -2.17. The van der Waals surface area contributed by atoms with Gasteiger partial charge in [-0.2, -0.15) is 0 Å². The van der Waals surface area contributed by atoms with E-state index in [9.17, 15) is 0 Å². The number of aromatic nitrogens is 2. The van der Waals surface area contributed by atoms with Gasteiger partial charge in [0.15, 0.2) is 0 Å². The molecule has 19 heavy (non-hydrogen) atoms. The van der Waals surface area contributed by atoms with E-state index in [4.69, 9.17) is 0 Å². The van der Waals surface area contributed by atoms with Gasteiger partial charge in [-0.3, -0.25) is 0 Å². The standard InChI is InChI=1S/C14H16IN3S/c15-11-5-3-10(4-6-11)14-18-17-13(19-14)2-1-9-16-12-7-8-12/h3-6,12,16H,1-2,7-9H2. The van der Waals surface area contributed by atoms with Gasteiger partial charge in [0, 0.05) is 21.6 Å². The molecule has 0 bridgehead atoms. The molecule has 1 aromatic carbocycles. The predicted octanol–water partition coefficient (Wildman–Crippen LogP) is 3.49. The Morgan fingerprint density at radius 2 is 2.00 bits per heavy atom. The Labute approximate surface area is 131 Å². The van der Waals surface area contributed by atoms with E-state index in [0.717, 1.165) is 35.4 Å². The molecule has 3 rings (SSSR count). The van der Waals surface area contributed by atoms with Crippen molar-refractivity contribution in [3.05, 3.63) is 32.8 Å². The highest BCUT2D eigenvalue weighted by Gasteiger charge is 2.19. The Morgan fingerprint density at radius 3 is 2.74 bits per heavy atom. The number of aryl methyl sites for hydroxylation is 1. The Kier molecular flexibility index (Phi) is 4.45. The van der Waals surface area contributed by atoms with E-state index in [-0.39, 0.29) is 0 Å². The third-order valence-corrected chi connectivity index (χ3v) is 4.89. The first kappa shape index (κ1) is 13.5. The summed E-state index contributed by atoms with van der Waals surface area (Å²) in [4.78, 5) is 0. The summed E-state index contributed by atoms with van der Waals surface area (Å²) < 4.78 is 1.25. The van der Waals surface area contributed by atoms with Crippen LogP contribution in [0, 0.1) is 3.57 Å². The highest BCUT2D eigenvalue weighted by Crippen LogP contribution is 2.24. The molecule has 1 fully saturated rings. The molecule has 0 saturated heterocycles. The van der Waals surface area contributed by atoms with Gasteiger partial charge >= 0.3 is 0 Å². The van der Waals surface area contributed by atoms with Crippen LogP contribution in [0.3, 0.4) is 0 Å². The fraction of sp³-hybridized carbons (Fsp3) is 0.429. The normalized spacial score (nSPS) is 14.8. The van der Waals surface area contributed by atoms with Crippen LogP contribution in [0.15, 0.2) is 24.3 Å². The number of benzene rings is 1. The van der Waals surface area contributed by atoms with E-state index in [2.05, 4.69) is 62.4 Å². The lowest BCUT2D eigenvalue weighted by atomic mass is 10.2. The number of nitrogens with one attached hydrogen (secondary N) is 1. The first-order valence-corrected chi connectivity index (χ1v) is 8.52. The van der Waals surface area contributed by atoms with Crippen molar-refractivity contribution >= 4 is 33.9 Å². The highest BCUT2D eigenvalue weighted by molar-refractivity contribution is 14.1. The van der Waals surface area contributed by atoms with Crippen LogP contribution in [-0.2, 0) is 6.42 Å². The SMILES string of the molecule is Ic1ccc(-c2nnc(CCCNC3CC3)s2)cc1. The molecule has 0 unspecified atom stereocenters. The minimum Gasteiger partial charge on any atom is -0.314 e. The molecular weight excluding hydrogens is 369 g/mol. The smallest absolute Gasteiger partial charge is 0.147 e. The van der Waals surface area contributed by atoms with Gasteiger partial charge in [-0.15, -0.1) is 10.2 Å². The van der Waals surface area contributed by atoms with Gasteiger partial charge in [0.05, 0.1) is 0 Å². The predicted molar refractivity (Wildman–Crippen MR) is 87.4 cm³/mol. The number of hydrogen-bond acceptors (Lipinski definition) is 4. The minimum atomic E-state index is 0.803. The molecular formula is C14H16IN3S. The van der Waals surface area contributed by atoms with Crippen LogP contribution >= 0.6 is 33.9 Å². The number of halogens is 1. The molecule has 0 amide bonds.